The van der Waals surface area contributed by atoms with E-state index < -0.39 is 0 Å². The second-order valence-corrected chi connectivity index (χ2v) is 5.63. The number of hydrogen-bond acceptors (Lipinski definition) is 2. The van der Waals surface area contributed by atoms with Crippen molar-refractivity contribution in [2.45, 2.75) is 59.0 Å². The largest absolute Gasteiger partial charge is 0.309 e. The number of hydrogen-bond donors (Lipinski definition) is 1. The van der Waals surface area contributed by atoms with Crippen molar-refractivity contribution < 1.29 is 0 Å². The minimum Gasteiger partial charge on any atom is -0.309 e. The number of nitrogens with zero attached hydrogens (tertiary/aromatic N) is 1. The summed E-state index contributed by atoms with van der Waals surface area (Å²) in [6, 6.07) is 0.459. The highest BCUT2D eigenvalue weighted by Gasteiger charge is 2.34. The van der Waals surface area contributed by atoms with Crippen LogP contribution in [-0.2, 0) is 0 Å². The molecule has 0 saturated carbocycles. The Kier molecular flexibility index (Phi) is 5.00. The molecular weight excluding hydrogens is 196 g/mol. The Balaban J connectivity index is 2.77. The Labute approximate surface area is 101 Å². The molecule has 16 heavy (non-hydrogen) atoms. The predicted molar refractivity (Wildman–Crippen MR) is 71.8 cm³/mol. The van der Waals surface area contributed by atoms with Crippen molar-refractivity contribution in [3.05, 3.63) is 11.6 Å². The first-order valence-corrected chi connectivity index (χ1v) is 6.62. The lowest BCUT2D eigenvalue weighted by molar-refractivity contribution is 0.125. The van der Waals surface area contributed by atoms with Crippen molar-refractivity contribution in [2.24, 2.45) is 0 Å². The normalized spacial score (nSPS) is 19.8. The van der Waals surface area contributed by atoms with Crippen LogP contribution in [0.3, 0.4) is 0 Å². The Bertz CT molecular complexity index is 233. The van der Waals surface area contributed by atoms with Gasteiger partial charge in [0.15, 0.2) is 0 Å². The summed E-state index contributed by atoms with van der Waals surface area (Å²) in [6.07, 6.45) is 5.09. The molecule has 1 aliphatic heterocycles. The Morgan fingerprint density at radius 3 is 2.31 bits per heavy atom. The van der Waals surface area contributed by atoms with Gasteiger partial charge in [-0.3, -0.25) is 4.90 Å². The summed E-state index contributed by atoms with van der Waals surface area (Å²) in [6.45, 7) is 14.8. The van der Waals surface area contributed by atoms with Crippen LogP contribution in [0.25, 0.3) is 0 Å². The van der Waals surface area contributed by atoms with Gasteiger partial charge >= 0.3 is 0 Å². The molecule has 1 unspecified atom stereocenters. The summed E-state index contributed by atoms with van der Waals surface area (Å²) in [5.41, 5.74) is 1.63. The summed E-state index contributed by atoms with van der Waals surface area (Å²) in [5.74, 6) is 0. The molecule has 1 N–H and O–H groups in total. The third kappa shape index (κ3) is 3.33. The van der Waals surface area contributed by atoms with E-state index in [1.165, 1.54) is 31.5 Å². The fraction of sp³-hybridized carbons (Fsp3) is 0.857. The molecule has 1 saturated heterocycles. The lowest BCUT2D eigenvalue weighted by Crippen LogP contribution is -2.56. The summed E-state index contributed by atoms with van der Waals surface area (Å²) >= 11 is 0. The maximum Gasteiger partial charge on any atom is 0.0433 e. The molecule has 2 heteroatoms. The molecule has 0 aromatic carbocycles. The fourth-order valence-corrected chi connectivity index (χ4v) is 2.56. The first kappa shape index (κ1) is 13.7. The minimum absolute atomic E-state index is 0.226. The van der Waals surface area contributed by atoms with Crippen LogP contribution in [0.15, 0.2) is 11.6 Å². The van der Waals surface area contributed by atoms with Gasteiger partial charge in [-0.15, -0.1) is 0 Å². The van der Waals surface area contributed by atoms with E-state index in [9.17, 15) is 0 Å². The molecule has 0 aliphatic carbocycles. The second kappa shape index (κ2) is 5.83. The summed E-state index contributed by atoms with van der Waals surface area (Å²) in [7, 11) is 0. The average molecular weight is 224 g/mol. The zero-order chi connectivity index (χ0) is 12.2. The van der Waals surface area contributed by atoms with Gasteiger partial charge in [-0.25, -0.2) is 0 Å². The van der Waals surface area contributed by atoms with Crippen molar-refractivity contribution in [3.63, 3.8) is 0 Å². The van der Waals surface area contributed by atoms with Gasteiger partial charge < -0.3 is 5.32 Å². The maximum absolute atomic E-state index is 3.61. The third-order valence-corrected chi connectivity index (χ3v) is 3.61. The van der Waals surface area contributed by atoms with E-state index in [1.807, 2.05) is 0 Å². The van der Waals surface area contributed by atoms with Crippen LogP contribution in [0.5, 0.6) is 0 Å². The van der Waals surface area contributed by atoms with Gasteiger partial charge in [-0.1, -0.05) is 18.6 Å². The van der Waals surface area contributed by atoms with Gasteiger partial charge in [0.25, 0.3) is 0 Å². The highest BCUT2D eigenvalue weighted by molar-refractivity contribution is 5.10. The maximum atomic E-state index is 3.61. The Morgan fingerprint density at radius 1 is 1.31 bits per heavy atom. The number of likely N-dealkylation sites (N-methyl/N-ethyl adjacent to an activating group) is 1. The van der Waals surface area contributed by atoms with Gasteiger partial charge in [-0.05, 0) is 60.2 Å². The van der Waals surface area contributed by atoms with E-state index in [0.717, 1.165) is 6.54 Å². The SMILES string of the molecule is CCNC(C=C(C)C)C(C)(C)N1CCCC1. The molecule has 1 fully saturated rings. The third-order valence-electron chi connectivity index (χ3n) is 3.61. The van der Waals surface area contributed by atoms with Gasteiger partial charge in [0, 0.05) is 11.6 Å². The molecular formula is C14H28N2. The zero-order valence-corrected chi connectivity index (χ0v) is 11.6. The van der Waals surface area contributed by atoms with Crippen LogP contribution in [-0.4, -0.2) is 36.1 Å². The van der Waals surface area contributed by atoms with E-state index in [4.69, 9.17) is 0 Å². The van der Waals surface area contributed by atoms with E-state index in [2.05, 4.69) is 50.9 Å². The van der Waals surface area contributed by atoms with E-state index >= 15 is 0 Å². The predicted octanol–water partition coefficient (Wildman–Crippen LogP) is 2.81. The molecule has 1 rings (SSSR count). The topological polar surface area (TPSA) is 15.3 Å². The van der Waals surface area contributed by atoms with E-state index in [-0.39, 0.29) is 5.54 Å². The van der Waals surface area contributed by atoms with E-state index in [1.54, 1.807) is 0 Å². The molecule has 0 bridgehead atoms. The number of nitrogens with one attached hydrogen (secondary N) is 1. The highest BCUT2D eigenvalue weighted by atomic mass is 15.2. The van der Waals surface area contributed by atoms with Gasteiger partial charge in [0.05, 0.1) is 0 Å². The molecule has 2 nitrogen and oxygen atoms in total. The molecule has 1 aliphatic rings. The quantitative estimate of drug-likeness (QED) is 0.722. The Morgan fingerprint density at radius 2 is 1.88 bits per heavy atom. The monoisotopic (exact) mass is 224 g/mol. The molecule has 1 heterocycles. The molecule has 0 amide bonds. The summed E-state index contributed by atoms with van der Waals surface area (Å²) in [5, 5.41) is 3.61. The smallest absolute Gasteiger partial charge is 0.0433 e. The standard InChI is InChI=1S/C14H28N2/c1-6-15-13(11-12(2)3)14(4,5)16-9-7-8-10-16/h11,13,15H,6-10H2,1-5H3. The first-order valence-electron chi connectivity index (χ1n) is 6.62. The average Bonchev–Trinajstić information content (AvgIpc) is 2.69. The number of likely N-dealkylation sites (tertiary alicyclic amines) is 1. The van der Waals surface area contributed by atoms with Gasteiger partial charge in [0.1, 0.15) is 0 Å². The minimum atomic E-state index is 0.226. The van der Waals surface area contributed by atoms with Gasteiger partial charge in [0.2, 0.25) is 0 Å². The van der Waals surface area contributed by atoms with E-state index in [0.29, 0.717) is 6.04 Å². The lowest BCUT2D eigenvalue weighted by Gasteiger charge is -2.41. The van der Waals surface area contributed by atoms with Crippen LogP contribution in [0.1, 0.15) is 47.5 Å². The van der Waals surface area contributed by atoms with Crippen LogP contribution in [0.2, 0.25) is 0 Å². The number of rotatable bonds is 5. The Hall–Kier alpha value is -0.340. The van der Waals surface area contributed by atoms with Crippen LogP contribution in [0, 0.1) is 0 Å². The molecule has 0 aromatic rings. The lowest BCUT2D eigenvalue weighted by atomic mass is 9.91. The van der Waals surface area contributed by atoms with Crippen molar-refractivity contribution in [1.82, 2.24) is 10.2 Å². The second-order valence-electron chi connectivity index (χ2n) is 5.63. The van der Waals surface area contributed by atoms with Crippen molar-refractivity contribution in [2.75, 3.05) is 19.6 Å². The molecule has 0 radical (unpaired) electrons. The fourth-order valence-electron chi connectivity index (χ4n) is 2.56. The zero-order valence-electron chi connectivity index (χ0n) is 11.6. The molecule has 0 aromatic heterocycles. The van der Waals surface area contributed by atoms with Crippen molar-refractivity contribution in [1.29, 1.82) is 0 Å². The molecule has 0 spiro atoms. The number of allylic oxidation sites excluding steroid dienone is 1. The van der Waals surface area contributed by atoms with Crippen LogP contribution in [0.4, 0.5) is 0 Å². The molecule has 1 atom stereocenters. The van der Waals surface area contributed by atoms with Gasteiger partial charge in [-0.2, -0.15) is 0 Å². The summed E-state index contributed by atoms with van der Waals surface area (Å²) < 4.78 is 0. The molecule has 94 valence electrons. The van der Waals surface area contributed by atoms with Crippen LogP contribution < -0.4 is 5.32 Å². The highest BCUT2D eigenvalue weighted by Crippen LogP contribution is 2.25. The van der Waals surface area contributed by atoms with Crippen LogP contribution >= 0.6 is 0 Å². The van der Waals surface area contributed by atoms with Crippen molar-refractivity contribution in [3.8, 4) is 0 Å². The first-order chi connectivity index (χ1) is 7.48. The van der Waals surface area contributed by atoms with Crippen molar-refractivity contribution >= 4 is 0 Å². The summed E-state index contributed by atoms with van der Waals surface area (Å²) in [4.78, 5) is 2.62.